The van der Waals surface area contributed by atoms with Crippen LogP contribution in [0.2, 0.25) is 0 Å². The summed E-state index contributed by atoms with van der Waals surface area (Å²) in [5.41, 5.74) is 1.64. The number of hydrogen-bond donors (Lipinski definition) is 0. The van der Waals surface area contributed by atoms with Crippen LogP contribution in [0.5, 0.6) is 5.75 Å². The molecule has 102 valence electrons. The summed E-state index contributed by atoms with van der Waals surface area (Å²) < 4.78 is 10.5. The first kappa shape index (κ1) is 13.6. The Morgan fingerprint density at radius 2 is 2.11 bits per heavy atom. The van der Waals surface area contributed by atoms with E-state index in [0.717, 1.165) is 24.0 Å². The van der Waals surface area contributed by atoms with Gasteiger partial charge in [0.15, 0.2) is 12.4 Å². The van der Waals surface area contributed by atoms with Crippen LogP contribution >= 0.6 is 0 Å². The van der Waals surface area contributed by atoms with E-state index < -0.39 is 5.97 Å². The fourth-order valence-corrected chi connectivity index (χ4v) is 2.21. The fraction of sp³-hybridized carbons (Fsp3) is 0.467. The maximum Gasteiger partial charge on any atom is 0.344 e. The molecular formula is C15H18O4. The molecule has 0 saturated carbocycles. The molecule has 1 aliphatic carbocycles. The van der Waals surface area contributed by atoms with Gasteiger partial charge in [-0.2, -0.15) is 0 Å². The maximum absolute atomic E-state index is 11.8. The lowest BCUT2D eigenvalue weighted by Gasteiger charge is -2.18. The van der Waals surface area contributed by atoms with Gasteiger partial charge in [-0.25, -0.2) is 4.79 Å². The van der Waals surface area contributed by atoms with Crippen molar-refractivity contribution in [2.75, 3.05) is 6.61 Å². The van der Waals surface area contributed by atoms with E-state index >= 15 is 0 Å². The molecule has 4 heteroatoms. The topological polar surface area (TPSA) is 52.6 Å². The van der Waals surface area contributed by atoms with E-state index in [1.54, 1.807) is 26.0 Å². The van der Waals surface area contributed by atoms with E-state index in [9.17, 15) is 9.59 Å². The van der Waals surface area contributed by atoms with Crippen molar-refractivity contribution in [3.8, 4) is 5.75 Å². The molecular weight excluding hydrogens is 244 g/mol. The Morgan fingerprint density at radius 1 is 1.32 bits per heavy atom. The quantitative estimate of drug-likeness (QED) is 0.782. The van der Waals surface area contributed by atoms with Crippen molar-refractivity contribution in [2.24, 2.45) is 0 Å². The molecule has 0 amide bonds. The Kier molecular flexibility index (Phi) is 4.20. The van der Waals surface area contributed by atoms with Crippen molar-refractivity contribution >= 4 is 11.8 Å². The number of esters is 1. The van der Waals surface area contributed by atoms with Crippen LogP contribution in [0.15, 0.2) is 18.2 Å². The molecule has 2 rings (SSSR count). The molecule has 0 spiro atoms. The third-order valence-electron chi connectivity index (χ3n) is 2.98. The number of Topliss-reactive ketones (excluding diaryl/α,β-unsaturated/α-hetero) is 1. The van der Waals surface area contributed by atoms with Crippen molar-refractivity contribution in [2.45, 2.75) is 39.2 Å². The predicted molar refractivity (Wildman–Crippen MR) is 70.4 cm³/mol. The van der Waals surface area contributed by atoms with Gasteiger partial charge in [-0.3, -0.25) is 4.79 Å². The van der Waals surface area contributed by atoms with E-state index in [1.807, 2.05) is 6.07 Å². The van der Waals surface area contributed by atoms with Crippen molar-refractivity contribution in [3.63, 3.8) is 0 Å². The number of benzene rings is 1. The standard InChI is InChI=1S/C15H18O4/c1-10(2)19-15(17)9-18-14-8-4-5-11-12(14)6-3-7-13(11)16/h4-5,8,10H,3,6-7,9H2,1-2H3. The van der Waals surface area contributed by atoms with E-state index in [4.69, 9.17) is 9.47 Å². The Bertz CT molecular complexity index is 491. The predicted octanol–water partition coefficient (Wildman–Crippen LogP) is 2.54. The van der Waals surface area contributed by atoms with Gasteiger partial charge in [0.25, 0.3) is 0 Å². The van der Waals surface area contributed by atoms with Gasteiger partial charge in [0.05, 0.1) is 6.10 Å². The highest BCUT2D eigenvalue weighted by atomic mass is 16.6. The van der Waals surface area contributed by atoms with Crippen LogP contribution in [-0.2, 0) is 16.0 Å². The van der Waals surface area contributed by atoms with Gasteiger partial charge in [-0.05, 0) is 32.8 Å². The highest BCUT2D eigenvalue weighted by molar-refractivity contribution is 5.99. The molecule has 1 aromatic carbocycles. The first-order chi connectivity index (χ1) is 9.08. The molecule has 0 fully saturated rings. The first-order valence-corrected chi connectivity index (χ1v) is 6.55. The molecule has 0 saturated heterocycles. The number of rotatable bonds is 4. The van der Waals surface area contributed by atoms with Crippen molar-refractivity contribution in [1.82, 2.24) is 0 Å². The van der Waals surface area contributed by atoms with Crippen molar-refractivity contribution in [1.29, 1.82) is 0 Å². The Morgan fingerprint density at radius 3 is 2.84 bits per heavy atom. The number of hydrogen-bond acceptors (Lipinski definition) is 4. The molecule has 4 nitrogen and oxygen atoms in total. The molecule has 0 aliphatic heterocycles. The highest BCUT2D eigenvalue weighted by Gasteiger charge is 2.20. The summed E-state index contributed by atoms with van der Waals surface area (Å²) in [5.74, 6) is 0.373. The third-order valence-corrected chi connectivity index (χ3v) is 2.98. The molecule has 0 unspecified atom stereocenters. The van der Waals surface area contributed by atoms with Crippen LogP contribution in [0.4, 0.5) is 0 Å². The third kappa shape index (κ3) is 3.34. The normalized spacial score (nSPS) is 14.2. The molecule has 1 aliphatic rings. The van der Waals surface area contributed by atoms with Gasteiger partial charge >= 0.3 is 5.97 Å². The number of ether oxygens (including phenoxy) is 2. The number of carbonyl (C=O) groups excluding carboxylic acids is 2. The van der Waals surface area contributed by atoms with Gasteiger partial charge in [0.1, 0.15) is 5.75 Å². The smallest absolute Gasteiger partial charge is 0.344 e. The average molecular weight is 262 g/mol. The van der Waals surface area contributed by atoms with E-state index in [1.165, 1.54) is 0 Å². The lowest BCUT2D eigenvalue weighted by atomic mass is 9.90. The van der Waals surface area contributed by atoms with Gasteiger partial charge in [-0.1, -0.05) is 12.1 Å². The Labute approximate surface area is 112 Å². The lowest BCUT2D eigenvalue weighted by molar-refractivity contribution is -0.149. The van der Waals surface area contributed by atoms with E-state index in [2.05, 4.69) is 0 Å². The largest absolute Gasteiger partial charge is 0.482 e. The van der Waals surface area contributed by atoms with Crippen LogP contribution in [-0.4, -0.2) is 24.5 Å². The minimum atomic E-state index is -0.394. The Balaban J connectivity index is 2.07. The number of ketones is 1. The highest BCUT2D eigenvalue weighted by Crippen LogP contribution is 2.29. The summed E-state index contributed by atoms with van der Waals surface area (Å²) in [6.45, 7) is 3.46. The maximum atomic E-state index is 11.8. The van der Waals surface area contributed by atoms with Crippen LogP contribution in [0.1, 0.15) is 42.6 Å². The SMILES string of the molecule is CC(C)OC(=O)COc1cccc2c1CCCC2=O. The average Bonchev–Trinajstić information content (AvgIpc) is 2.36. The summed E-state index contributed by atoms with van der Waals surface area (Å²) in [7, 11) is 0. The fourth-order valence-electron chi connectivity index (χ4n) is 2.21. The summed E-state index contributed by atoms with van der Waals surface area (Å²) in [4.78, 5) is 23.2. The van der Waals surface area contributed by atoms with Gasteiger partial charge in [0.2, 0.25) is 0 Å². The van der Waals surface area contributed by atoms with E-state index in [0.29, 0.717) is 12.2 Å². The summed E-state index contributed by atoms with van der Waals surface area (Å²) in [6.07, 6.45) is 2.09. The van der Waals surface area contributed by atoms with Crippen LogP contribution in [0.3, 0.4) is 0 Å². The minimum absolute atomic E-state index is 0.122. The second-order valence-electron chi connectivity index (χ2n) is 4.89. The van der Waals surface area contributed by atoms with Crippen molar-refractivity contribution < 1.29 is 19.1 Å². The molecule has 1 aromatic rings. The molecule has 0 heterocycles. The zero-order valence-electron chi connectivity index (χ0n) is 11.3. The summed E-state index contributed by atoms with van der Waals surface area (Å²) in [5, 5.41) is 0. The molecule has 0 aromatic heterocycles. The van der Waals surface area contributed by atoms with Gasteiger partial charge in [0, 0.05) is 17.5 Å². The monoisotopic (exact) mass is 262 g/mol. The zero-order valence-corrected chi connectivity index (χ0v) is 11.3. The first-order valence-electron chi connectivity index (χ1n) is 6.55. The molecule has 19 heavy (non-hydrogen) atoms. The minimum Gasteiger partial charge on any atom is -0.482 e. The van der Waals surface area contributed by atoms with Gasteiger partial charge in [-0.15, -0.1) is 0 Å². The molecule has 0 radical (unpaired) electrons. The van der Waals surface area contributed by atoms with Crippen LogP contribution < -0.4 is 4.74 Å². The van der Waals surface area contributed by atoms with E-state index in [-0.39, 0.29) is 18.5 Å². The molecule has 0 atom stereocenters. The number of carbonyl (C=O) groups is 2. The lowest BCUT2D eigenvalue weighted by Crippen LogP contribution is -2.20. The van der Waals surface area contributed by atoms with Gasteiger partial charge < -0.3 is 9.47 Å². The number of fused-ring (bicyclic) bond motifs is 1. The second-order valence-corrected chi connectivity index (χ2v) is 4.89. The summed E-state index contributed by atoms with van der Waals surface area (Å²) >= 11 is 0. The molecule has 0 bridgehead atoms. The summed E-state index contributed by atoms with van der Waals surface area (Å²) in [6, 6.07) is 5.39. The van der Waals surface area contributed by atoms with Crippen molar-refractivity contribution in [3.05, 3.63) is 29.3 Å². The Hall–Kier alpha value is -1.84. The van der Waals surface area contributed by atoms with Crippen LogP contribution in [0, 0.1) is 0 Å². The zero-order chi connectivity index (χ0) is 13.8. The molecule has 0 N–H and O–H groups in total. The van der Waals surface area contributed by atoms with Crippen LogP contribution in [0.25, 0.3) is 0 Å². The second kappa shape index (κ2) is 5.87.